The second kappa shape index (κ2) is 3.87. The molecular formula is C14H14OSe. The fraction of sp³-hybridized carbons (Fsp3) is 0.357. The van der Waals surface area contributed by atoms with Gasteiger partial charge >= 0.3 is 101 Å². The fourth-order valence-corrected chi connectivity index (χ4v) is 5.11. The molecule has 0 aliphatic heterocycles. The van der Waals surface area contributed by atoms with Gasteiger partial charge in [-0.15, -0.1) is 0 Å². The first kappa shape index (κ1) is 10.3. The molecule has 0 amide bonds. The van der Waals surface area contributed by atoms with Gasteiger partial charge in [-0.2, -0.15) is 0 Å². The van der Waals surface area contributed by atoms with E-state index < -0.39 is 0 Å². The molecule has 1 aliphatic carbocycles. The number of hydrogen-bond donors (Lipinski definition) is 0. The van der Waals surface area contributed by atoms with Crippen molar-refractivity contribution in [1.29, 1.82) is 0 Å². The van der Waals surface area contributed by atoms with Gasteiger partial charge in [0.2, 0.25) is 0 Å². The Morgan fingerprint density at radius 2 is 2.12 bits per heavy atom. The first-order valence-electron chi connectivity index (χ1n) is 5.82. The van der Waals surface area contributed by atoms with Gasteiger partial charge in [-0.05, 0) is 0 Å². The molecule has 1 nitrogen and oxygen atoms in total. The summed E-state index contributed by atoms with van der Waals surface area (Å²) in [6, 6.07) is 8.44. The third kappa shape index (κ3) is 1.49. The van der Waals surface area contributed by atoms with E-state index in [0.29, 0.717) is 20.3 Å². The molecule has 0 fully saturated rings. The third-order valence-corrected chi connectivity index (χ3v) is 5.99. The predicted molar refractivity (Wildman–Crippen MR) is 67.3 cm³/mol. The SMILES string of the molecule is CC1CCCc2[se]c3ccccc3c2C1=O. The Morgan fingerprint density at radius 3 is 3.00 bits per heavy atom. The fourth-order valence-electron chi connectivity index (χ4n) is 2.49. The van der Waals surface area contributed by atoms with Crippen molar-refractivity contribution in [3.05, 3.63) is 34.3 Å². The first-order chi connectivity index (χ1) is 7.77. The summed E-state index contributed by atoms with van der Waals surface area (Å²) >= 11 is 0.408. The van der Waals surface area contributed by atoms with Crippen LogP contribution in [-0.2, 0) is 6.42 Å². The van der Waals surface area contributed by atoms with Gasteiger partial charge in [0, 0.05) is 0 Å². The summed E-state index contributed by atoms with van der Waals surface area (Å²) in [5.74, 6) is 0.605. The Labute approximate surface area is 101 Å². The van der Waals surface area contributed by atoms with Gasteiger partial charge in [0.25, 0.3) is 0 Å². The van der Waals surface area contributed by atoms with Crippen LogP contribution < -0.4 is 0 Å². The molecule has 16 heavy (non-hydrogen) atoms. The van der Waals surface area contributed by atoms with Crippen LogP contribution >= 0.6 is 0 Å². The van der Waals surface area contributed by atoms with Crippen molar-refractivity contribution < 1.29 is 4.79 Å². The van der Waals surface area contributed by atoms with E-state index in [2.05, 4.69) is 25.1 Å². The number of carbonyl (C=O) groups is 1. The molecule has 0 saturated carbocycles. The van der Waals surface area contributed by atoms with Gasteiger partial charge in [0.1, 0.15) is 0 Å². The van der Waals surface area contributed by atoms with Crippen LogP contribution in [-0.4, -0.2) is 20.3 Å². The zero-order chi connectivity index (χ0) is 11.1. The number of carbonyl (C=O) groups excluding carboxylic acids is 1. The summed E-state index contributed by atoms with van der Waals surface area (Å²) in [5.41, 5.74) is 1.08. The molecule has 1 unspecified atom stereocenters. The number of rotatable bonds is 0. The number of aryl methyl sites for hydroxylation is 1. The normalized spacial score (nSPS) is 20.8. The van der Waals surface area contributed by atoms with E-state index in [9.17, 15) is 4.79 Å². The van der Waals surface area contributed by atoms with Crippen molar-refractivity contribution in [2.24, 2.45) is 5.92 Å². The van der Waals surface area contributed by atoms with Gasteiger partial charge in [-0.25, -0.2) is 0 Å². The standard InChI is InChI=1S/C14H14OSe/c1-9-5-4-8-12-13(14(9)15)10-6-2-3-7-11(10)16-12/h2-3,6-7,9H,4-5,8H2,1H3. The molecule has 2 heteroatoms. The third-order valence-electron chi connectivity index (χ3n) is 3.40. The van der Waals surface area contributed by atoms with Gasteiger partial charge in [0.05, 0.1) is 0 Å². The topological polar surface area (TPSA) is 17.1 Å². The minimum atomic E-state index is 0.217. The first-order valence-corrected chi connectivity index (χ1v) is 7.53. The molecule has 1 atom stereocenters. The van der Waals surface area contributed by atoms with Crippen LogP contribution in [0.4, 0.5) is 0 Å². The molecule has 0 bridgehead atoms. The summed E-state index contributed by atoms with van der Waals surface area (Å²) in [6.45, 7) is 2.08. The van der Waals surface area contributed by atoms with E-state index in [4.69, 9.17) is 0 Å². The van der Waals surface area contributed by atoms with Crippen LogP contribution in [0.3, 0.4) is 0 Å². The molecule has 1 heterocycles. The number of Topliss-reactive ketones (excluding diaryl/α,β-unsaturated/α-hetero) is 1. The van der Waals surface area contributed by atoms with Gasteiger partial charge in [-0.3, -0.25) is 0 Å². The van der Waals surface area contributed by atoms with Gasteiger partial charge < -0.3 is 0 Å². The summed E-state index contributed by atoms with van der Waals surface area (Å²) in [4.78, 5) is 12.3. The molecular weight excluding hydrogens is 263 g/mol. The summed E-state index contributed by atoms with van der Waals surface area (Å²) in [5, 5.41) is 1.23. The van der Waals surface area contributed by atoms with E-state index in [1.54, 1.807) is 0 Å². The Morgan fingerprint density at radius 1 is 1.31 bits per heavy atom. The number of ketones is 1. The van der Waals surface area contributed by atoms with Crippen molar-refractivity contribution in [2.45, 2.75) is 26.2 Å². The van der Waals surface area contributed by atoms with Crippen molar-refractivity contribution in [3.63, 3.8) is 0 Å². The predicted octanol–water partition coefficient (Wildman–Crippen LogP) is 3.05. The van der Waals surface area contributed by atoms with Crippen molar-refractivity contribution in [3.8, 4) is 0 Å². The molecule has 82 valence electrons. The molecule has 0 radical (unpaired) electrons. The minimum absolute atomic E-state index is 0.217. The second-order valence-electron chi connectivity index (χ2n) is 4.55. The molecule has 1 aromatic carbocycles. The van der Waals surface area contributed by atoms with Crippen LogP contribution in [0, 0.1) is 5.92 Å². The number of fused-ring (bicyclic) bond motifs is 3. The molecule has 0 spiro atoms. The number of hydrogen-bond acceptors (Lipinski definition) is 1. The van der Waals surface area contributed by atoms with Gasteiger partial charge in [0.15, 0.2) is 0 Å². The Bertz CT molecular complexity index is 553. The second-order valence-corrected chi connectivity index (χ2v) is 6.94. The Hall–Kier alpha value is -0.851. The maximum absolute atomic E-state index is 12.3. The van der Waals surface area contributed by atoms with Crippen LogP contribution in [0.1, 0.15) is 34.6 Å². The van der Waals surface area contributed by atoms with Crippen LogP contribution in [0.15, 0.2) is 24.3 Å². The molecule has 1 aromatic heterocycles. The van der Waals surface area contributed by atoms with E-state index >= 15 is 0 Å². The molecule has 1 aliphatic rings. The zero-order valence-corrected chi connectivity index (χ0v) is 11.0. The van der Waals surface area contributed by atoms with E-state index in [0.717, 1.165) is 18.4 Å². The van der Waals surface area contributed by atoms with Gasteiger partial charge in [-0.1, -0.05) is 0 Å². The van der Waals surface area contributed by atoms with Crippen molar-refractivity contribution >= 4 is 29.9 Å². The Balaban J connectivity index is 2.29. The average molecular weight is 277 g/mol. The van der Waals surface area contributed by atoms with Crippen LogP contribution in [0.5, 0.6) is 0 Å². The van der Waals surface area contributed by atoms with Crippen LogP contribution in [0.2, 0.25) is 0 Å². The van der Waals surface area contributed by atoms with E-state index in [1.807, 2.05) is 6.07 Å². The maximum atomic E-state index is 12.3. The molecule has 0 saturated heterocycles. The number of benzene rings is 1. The van der Waals surface area contributed by atoms with E-state index in [1.165, 1.54) is 20.5 Å². The summed E-state index contributed by atoms with van der Waals surface area (Å²) in [6.07, 6.45) is 3.38. The molecule has 2 aromatic rings. The quantitative estimate of drug-likeness (QED) is 0.534. The summed E-state index contributed by atoms with van der Waals surface area (Å²) < 4.78 is 2.85. The van der Waals surface area contributed by atoms with Crippen LogP contribution in [0.25, 0.3) is 9.65 Å². The Kier molecular flexibility index (Phi) is 2.49. The average Bonchev–Trinajstić information content (AvgIpc) is 2.59. The van der Waals surface area contributed by atoms with E-state index in [-0.39, 0.29) is 5.92 Å². The zero-order valence-electron chi connectivity index (χ0n) is 9.32. The molecule has 0 N–H and O–H groups in total. The van der Waals surface area contributed by atoms with Crippen molar-refractivity contribution in [1.82, 2.24) is 0 Å². The van der Waals surface area contributed by atoms with Crippen molar-refractivity contribution in [2.75, 3.05) is 0 Å². The molecule has 3 rings (SSSR count). The summed E-state index contributed by atoms with van der Waals surface area (Å²) in [7, 11) is 0. The monoisotopic (exact) mass is 278 g/mol.